The third kappa shape index (κ3) is 4.02. The Hall–Kier alpha value is -2.47. The van der Waals surface area contributed by atoms with E-state index in [0.29, 0.717) is 17.1 Å². The highest BCUT2D eigenvalue weighted by Gasteiger charge is 2.15. The van der Waals surface area contributed by atoms with Gasteiger partial charge in [0.15, 0.2) is 0 Å². The highest BCUT2D eigenvalue weighted by atomic mass is 32.2. The molecule has 2 aromatic rings. The van der Waals surface area contributed by atoms with Crippen LogP contribution >= 0.6 is 11.8 Å². The fraction of sp³-hybridized carbons (Fsp3) is 0.125. The molecule has 0 radical (unpaired) electrons. The maximum absolute atomic E-state index is 12.0. The molecule has 0 spiro atoms. The Labute approximate surface area is 133 Å². The van der Waals surface area contributed by atoms with E-state index in [9.17, 15) is 9.59 Å². The van der Waals surface area contributed by atoms with Gasteiger partial charge in [-0.25, -0.2) is 0 Å². The summed E-state index contributed by atoms with van der Waals surface area (Å²) in [5, 5.41) is 5.08. The number of benzene rings is 2. The van der Waals surface area contributed by atoms with Crippen LogP contribution in [0.15, 0.2) is 47.4 Å². The van der Waals surface area contributed by atoms with Crippen LogP contribution in [0, 0.1) is 6.92 Å². The number of nitrogen functional groups attached to an aromatic ring is 1. The zero-order valence-corrected chi connectivity index (χ0v) is 13.2. The monoisotopic (exact) mass is 315 g/mol. The molecule has 5 nitrogen and oxygen atoms in total. The van der Waals surface area contributed by atoms with E-state index in [0.717, 1.165) is 10.5 Å². The summed E-state index contributed by atoms with van der Waals surface area (Å²) < 4.78 is 0. The first kappa shape index (κ1) is 15.9. The maximum atomic E-state index is 12.0. The lowest BCUT2D eigenvalue weighted by Crippen LogP contribution is -2.29. The molecule has 0 unspecified atom stereocenters. The van der Waals surface area contributed by atoms with Crippen molar-refractivity contribution in [3.63, 3.8) is 0 Å². The number of thioether (sulfide) groups is 1. The van der Waals surface area contributed by atoms with Crippen molar-refractivity contribution in [3.05, 3.63) is 48.0 Å². The van der Waals surface area contributed by atoms with E-state index < -0.39 is 11.8 Å². The number of nitrogens with two attached hydrogens (primary N) is 1. The van der Waals surface area contributed by atoms with Crippen LogP contribution in [0.4, 0.5) is 17.1 Å². The lowest BCUT2D eigenvalue weighted by molar-refractivity contribution is -0.132. The maximum Gasteiger partial charge on any atom is 0.314 e. The largest absolute Gasteiger partial charge is 0.397 e. The summed E-state index contributed by atoms with van der Waals surface area (Å²) >= 11 is 1.56. The highest BCUT2D eigenvalue weighted by molar-refractivity contribution is 7.98. The van der Waals surface area contributed by atoms with E-state index in [1.54, 1.807) is 36.0 Å². The number of aryl methyl sites for hydroxylation is 1. The standard InChI is InChI=1S/C16H17N3O2S/c1-10-6-7-13(17)14(8-10)19-16(21)15(20)18-11-4-3-5-12(9-11)22-2/h3-9H,17H2,1-2H3,(H,18,20)(H,19,21). The minimum absolute atomic E-state index is 0.413. The second-order valence-electron chi connectivity index (χ2n) is 4.73. The van der Waals surface area contributed by atoms with E-state index in [1.807, 2.05) is 31.4 Å². The normalized spacial score (nSPS) is 10.1. The molecule has 0 atom stereocenters. The van der Waals surface area contributed by atoms with Crippen LogP contribution < -0.4 is 16.4 Å². The number of carbonyl (C=O) groups is 2. The van der Waals surface area contributed by atoms with Crippen molar-refractivity contribution in [3.8, 4) is 0 Å². The van der Waals surface area contributed by atoms with Crippen LogP contribution in [-0.2, 0) is 9.59 Å². The van der Waals surface area contributed by atoms with Crippen LogP contribution in [-0.4, -0.2) is 18.1 Å². The molecule has 0 aliphatic rings. The molecule has 2 aromatic carbocycles. The second kappa shape index (κ2) is 7.00. The zero-order valence-electron chi connectivity index (χ0n) is 12.3. The predicted molar refractivity (Wildman–Crippen MR) is 91.1 cm³/mol. The van der Waals surface area contributed by atoms with E-state index in [-0.39, 0.29) is 0 Å². The van der Waals surface area contributed by atoms with Gasteiger partial charge in [0.25, 0.3) is 0 Å². The molecule has 0 aliphatic carbocycles. The molecule has 6 heteroatoms. The molecule has 4 N–H and O–H groups in total. The summed E-state index contributed by atoms with van der Waals surface area (Å²) in [6, 6.07) is 12.5. The summed E-state index contributed by atoms with van der Waals surface area (Å²) in [5.41, 5.74) is 8.14. The molecule has 114 valence electrons. The molecule has 0 bridgehead atoms. The van der Waals surface area contributed by atoms with Crippen molar-refractivity contribution in [1.82, 2.24) is 0 Å². The van der Waals surface area contributed by atoms with Gasteiger partial charge >= 0.3 is 11.8 Å². The lowest BCUT2D eigenvalue weighted by atomic mass is 10.2. The van der Waals surface area contributed by atoms with Gasteiger partial charge in [-0.1, -0.05) is 12.1 Å². The Morgan fingerprint density at radius 3 is 2.50 bits per heavy atom. The van der Waals surface area contributed by atoms with Crippen molar-refractivity contribution in [2.75, 3.05) is 22.6 Å². The molecule has 0 fully saturated rings. The highest BCUT2D eigenvalue weighted by Crippen LogP contribution is 2.20. The molecular formula is C16H17N3O2S. The van der Waals surface area contributed by atoms with Crippen molar-refractivity contribution >= 4 is 40.6 Å². The summed E-state index contributed by atoms with van der Waals surface area (Å²) in [4.78, 5) is 24.9. The number of carbonyl (C=O) groups excluding carboxylic acids is 2. The molecule has 0 heterocycles. The zero-order chi connectivity index (χ0) is 16.1. The number of nitrogens with one attached hydrogen (secondary N) is 2. The van der Waals surface area contributed by atoms with Crippen LogP contribution in [0.5, 0.6) is 0 Å². The van der Waals surface area contributed by atoms with Gasteiger partial charge in [-0.2, -0.15) is 0 Å². The minimum atomic E-state index is -0.758. The van der Waals surface area contributed by atoms with E-state index >= 15 is 0 Å². The molecule has 0 aromatic heterocycles. The fourth-order valence-corrected chi connectivity index (χ4v) is 2.31. The van der Waals surface area contributed by atoms with Crippen LogP contribution in [0.2, 0.25) is 0 Å². The Morgan fingerprint density at radius 1 is 1.05 bits per heavy atom. The smallest absolute Gasteiger partial charge is 0.314 e. The SMILES string of the molecule is CSc1cccc(NC(=O)C(=O)Nc2cc(C)ccc2N)c1. The van der Waals surface area contributed by atoms with Crippen molar-refractivity contribution in [1.29, 1.82) is 0 Å². The third-order valence-electron chi connectivity index (χ3n) is 2.99. The minimum Gasteiger partial charge on any atom is -0.397 e. The molecule has 0 saturated carbocycles. The third-order valence-corrected chi connectivity index (χ3v) is 3.72. The first-order valence-corrected chi connectivity index (χ1v) is 7.84. The van der Waals surface area contributed by atoms with E-state index in [2.05, 4.69) is 10.6 Å². The number of hydrogen-bond acceptors (Lipinski definition) is 4. The number of amides is 2. The van der Waals surface area contributed by atoms with Crippen molar-refractivity contribution < 1.29 is 9.59 Å². The molecule has 0 aliphatic heterocycles. The Kier molecular flexibility index (Phi) is 5.06. The van der Waals surface area contributed by atoms with Gasteiger partial charge in [-0.05, 0) is 49.1 Å². The summed E-state index contributed by atoms with van der Waals surface area (Å²) in [6.45, 7) is 1.88. The van der Waals surface area contributed by atoms with Crippen LogP contribution in [0.25, 0.3) is 0 Å². The fourth-order valence-electron chi connectivity index (χ4n) is 1.85. The van der Waals surface area contributed by atoms with Gasteiger partial charge in [0.05, 0.1) is 11.4 Å². The van der Waals surface area contributed by atoms with Gasteiger partial charge in [0, 0.05) is 10.6 Å². The van der Waals surface area contributed by atoms with Crippen molar-refractivity contribution in [2.45, 2.75) is 11.8 Å². The molecule has 0 saturated heterocycles. The lowest BCUT2D eigenvalue weighted by Gasteiger charge is -2.10. The number of hydrogen-bond donors (Lipinski definition) is 3. The first-order chi connectivity index (χ1) is 10.5. The number of rotatable bonds is 3. The van der Waals surface area contributed by atoms with E-state index in [4.69, 9.17) is 5.73 Å². The molecule has 2 rings (SSSR count). The second-order valence-corrected chi connectivity index (χ2v) is 5.61. The van der Waals surface area contributed by atoms with Gasteiger partial charge in [-0.3, -0.25) is 9.59 Å². The molecule has 2 amide bonds. The molecular weight excluding hydrogens is 298 g/mol. The molecule has 22 heavy (non-hydrogen) atoms. The van der Waals surface area contributed by atoms with Crippen LogP contribution in [0.1, 0.15) is 5.56 Å². The van der Waals surface area contributed by atoms with Crippen LogP contribution in [0.3, 0.4) is 0 Å². The average Bonchev–Trinajstić information content (AvgIpc) is 2.51. The summed E-state index contributed by atoms with van der Waals surface area (Å²) in [6.07, 6.45) is 1.94. The topological polar surface area (TPSA) is 84.2 Å². The summed E-state index contributed by atoms with van der Waals surface area (Å²) in [5.74, 6) is -1.49. The van der Waals surface area contributed by atoms with E-state index in [1.165, 1.54) is 0 Å². The average molecular weight is 315 g/mol. The number of anilines is 3. The Balaban J connectivity index is 2.06. The van der Waals surface area contributed by atoms with Gasteiger partial charge < -0.3 is 16.4 Å². The van der Waals surface area contributed by atoms with Gasteiger partial charge in [0.2, 0.25) is 0 Å². The van der Waals surface area contributed by atoms with Gasteiger partial charge in [-0.15, -0.1) is 11.8 Å². The predicted octanol–water partition coefficient (Wildman–Crippen LogP) is 2.88. The Bertz CT molecular complexity index is 716. The van der Waals surface area contributed by atoms with Gasteiger partial charge in [0.1, 0.15) is 0 Å². The van der Waals surface area contributed by atoms with Crippen molar-refractivity contribution in [2.24, 2.45) is 0 Å². The first-order valence-electron chi connectivity index (χ1n) is 6.62. The quantitative estimate of drug-likeness (QED) is 0.462. The Morgan fingerprint density at radius 2 is 1.77 bits per heavy atom. The summed E-state index contributed by atoms with van der Waals surface area (Å²) in [7, 11) is 0.